The minimum Gasteiger partial charge on any atom is -0.508 e. The summed E-state index contributed by atoms with van der Waals surface area (Å²) in [5.74, 6) is -0.448. The molecule has 0 aliphatic heterocycles. The van der Waals surface area contributed by atoms with Gasteiger partial charge in [0.15, 0.2) is 0 Å². The van der Waals surface area contributed by atoms with Crippen LogP contribution < -0.4 is 10.6 Å². The first-order valence-corrected chi connectivity index (χ1v) is 9.21. The molecule has 29 heavy (non-hydrogen) atoms. The molecule has 5 heteroatoms. The molecule has 0 aliphatic rings. The maximum atomic E-state index is 13.9. The SMILES string of the molecule is O=C(Nc1ccccc1F)N[C@H](c1ccccc1)c1c(O)ccc2ccccc12. The van der Waals surface area contributed by atoms with Crippen molar-refractivity contribution < 1.29 is 14.3 Å². The van der Waals surface area contributed by atoms with Crippen LogP contribution in [-0.2, 0) is 0 Å². The molecule has 0 aromatic heterocycles. The number of anilines is 1. The van der Waals surface area contributed by atoms with Crippen molar-refractivity contribution in [2.45, 2.75) is 6.04 Å². The Kier molecular flexibility index (Phi) is 5.12. The Bertz CT molecular complexity index is 1160. The average Bonchev–Trinajstić information content (AvgIpc) is 2.75. The van der Waals surface area contributed by atoms with Gasteiger partial charge in [-0.05, 0) is 34.5 Å². The number of rotatable bonds is 4. The summed E-state index contributed by atoms with van der Waals surface area (Å²) in [4.78, 5) is 12.7. The number of hydrogen-bond donors (Lipinski definition) is 3. The highest BCUT2D eigenvalue weighted by molar-refractivity contribution is 5.92. The fraction of sp³-hybridized carbons (Fsp3) is 0.0417. The van der Waals surface area contributed by atoms with E-state index < -0.39 is 17.9 Å². The van der Waals surface area contributed by atoms with Gasteiger partial charge in [0.2, 0.25) is 0 Å². The van der Waals surface area contributed by atoms with Gasteiger partial charge in [-0.25, -0.2) is 9.18 Å². The van der Waals surface area contributed by atoms with E-state index >= 15 is 0 Å². The molecular formula is C24H19FN2O2. The van der Waals surface area contributed by atoms with Crippen LogP contribution in [0.25, 0.3) is 10.8 Å². The fourth-order valence-electron chi connectivity index (χ4n) is 3.41. The van der Waals surface area contributed by atoms with E-state index in [0.29, 0.717) is 5.56 Å². The highest BCUT2D eigenvalue weighted by atomic mass is 19.1. The Labute approximate surface area is 167 Å². The van der Waals surface area contributed by atoms with E-state index in [-0.39, 0.29) is 11.4 Å². The number of nitrogens with one attached hydrogen (secondary N) is 2. The van der Waals surface area contributed by atoms with Crippen molar-refractivity contribution in [2.75, 3.05) is 5.32 Å². The summed E-state index contributed by atoms with van der Waals surface area (Å²) in [6.45, 7) is 0. The number of aromatic hydroxyl groups is 1. The molecule has 144 valence electrons. The molecule has 4 nitrogen and oxygen atoms in total. The number of urea groups is 1. The van der Waals surface area contributed by atoms with Crippen molar-refractivity contribution in [1.82, 2.24) is 5.32 Å². The van der Waals surface area contributed by atoms with Gasteiger partial charge in [-0.1, -0.05) is 72.8 Å². The highest BCUT2D eigenvalue weighted by Crippen LogP contribution is 2.35. The number of carbonyl (C=O) groups excluding carboxylic acids is 1. The zero-order valence-corrected chi connectivity index (χ0v) is 15.5. The predicted molar refractivity (Wildman–Crippen MR) is 112 cm³/mol. The molecule has 0 saturated carbocycles. The maximum absolute atomic E-state index is 13.9. The zero-order chi connectivity index (χ0) is 20.2. The van der Waals surface area contributed by atoms with Crippen molar-refractivity contribution in [3.8, 4) is 5.75 Å². The van der Waals surface area contributed by atoms with Gasteiger partial charge in [-0.2, -0.15) is 0 Å². The van der Waals surface area contributed by atoms with Gasteiger partial charge in [0.25, 0.3) is 0 Å². The number of halogens is 1. The number of hydrogen-bond acceptors (Lipinski definition) is 2. The molecule has 4 aromatic carbocycles. The molecule has 0 fully saturated rings. The number of benzene rings is 4. The fourth-order valence-corrected chi connectivity index (χ4v) is 3.41. The first kappa shape index (κ1) is 18.5. The smallest absolute Gasteiger partial charge is 0.320 e. The molecular weight excluding hydrogens is 367 g/mol. The van der Waals surface area contributed by atoms with Gasteiger partial charge < -0.3 is 15.7 Å². The van der Waals surface area contributed by atoms with Gasteiger partial charge in [0.1, 0.15) is 11.6 Å². The third kappa shape index (κ3) is 3.89. The van der Waals surface area contributed by atoms with Crippen molar-refractivity contribution in [1.29, 1.82) is 0 Å². The van der Waals surface area contributed by atoms with E-state index in [2.05, 4.69) is 10.6 Å². The topological polar surface area (TPSA) is 61.4 Å². The Morgan fingerprint density at radius 1 is 0.828 bits per heavy atom. The molecule has 0 heterocycles. The molecule has 4 aromatic rings. The number of phenolic OH excluding ortho intramolecular Hbond substituents is 1. The van der Waals surface area contributed by atoms with Crippen molar-refractivity contribution in [2.24, 2.45) is 0 Å². The van der Waals surface area contributed by atoms with Crippen LogP contribution in [0, 0.1) is 5.82 Å². The van der Waals surface area contributed by atoms with E-state index in [9.17, 15) is 14.3 Å². The maximum Gasteiger partial charge on any atom is 0.320 e. The number of para-hydroxylation sites is 1. The minimum absolute atomic E-state index is 0.0729. The zero-order valence-electron chi connectivity index (χ0n) is 15.5. The lowest BCUT2D eigenvalue weighted by atomic mass is 9.93. The Morgan fingerprint density at radius 3 is 2.31 bits per heavy atom. The standard InChI is InChI=1S/C24H19FN2O2/c25-19-12-6-7-13-20(19)26-24(29)27-23(17-9-2-1-3-10-17)22-18-11-5-4-8-16(18)14-15-21(22)28/h1-15,23,28H,(H2,26,27,29)/t23-/m1/s1. The Hall–Kier alpha value is -3.86. The summed E-state index contributed by atoms with van der Waals surface area (Å²) >= 11 is 0. The molecule has 3 N–H and O–H groups in total. The van der Waals surface area contributed by atoms with Crippen LogP contribution in [0.1, 0.15) is 17.2 Å². The summed E-state index contributed by atoms with van der Waals surface area (Å²) < 4.78 is 13.9. The van der Waals surface area contributed by atoms with Crippen LogP contribution in [0.4, 0.5) is 14.9 Å². The number of phenols is 1. The van der Waals surface area contributed by atoms with Crippen molar-refractivity contribution in [3.05, 3.63) is 108 Å². The van der Waals surface area contributed by atoms with Crippen LogP contribution in [0.5, 0.6) is 5.75 Å². The highest BCUT2D eigenvalue weighted by Gasteiger charge is 2.22. The lowest BCUT2D eigenvalue weighted by molar-refractivity contribution is 0.250. The van der Waals surface area contributed by atoms with Crippen LogP contribution in [0.3, 0.4) is 0 Å². The van der Waals surface area contributed by atoms with E-state index in [1.54, 1.807) is 18.2 Å². The quantitative estimate of drug-likeness (QED) is 0.428. The predicted octanol–water partition coefficient (Wildman–Crippen LogP) is 5.60. The lowest BCUT2D eigenvalue weighted by Crippen LogP contribution is -2.33. The Balaban J connectivity index is 1.75. The van der Waals surface area contributed by atoms with Gasteiger partial charge in [-0.15, -0.1) is 0 Å². The third-order valence-electron chi connectivity index (χ3n) is 4.77. The minimum atomic E-state index is -0.630. The molecule has 1 atom stereocenters. The molecule has 0 saturated heterocycles. The largest absolute Gasteiger partial charge is 0.508 e. The van der Waals surface area contributed by atoms with Gasteiger partial charge >= 0.3 is 6.03 Å². The molecule has 4 rings (SSSR count). The normalized spacial score (nSPS) is 11.8. The van der Waals surface area contributed by atoms with Crippen LogP contribution in [0.15, 0.2) is 91.0 Å². The van der Waals surface area contributed by atoms with Gasteiger partial charge in [0.05, 0.1) is 11.7 Å². The summed E-state index contributed by atoms with van der Waals surface area (Å²) in [5.41, 5.74) is 1.46. The Morgan fingerprint density at radius 2 is 1.52 bits per heavy atom. The average molecular weight is 386 g/mol. The monoisotopic (exact) mass is 386 g/mol. The molecule has 0 spiro atoms. The second-order valence-electron chi connectivity index (χ2n) is 6.64. The van der Waals surface area contributed by atoms with E-state index in [4.69, 9.17) is 0 Å². The second-order valence-corrected chi connectivity index (χ2v) is 6.64. The number of carbonyl (C=O) groups is 1. The summed E-state index contributed by atoms with van der Waals surface area (Å²) in [5, 5.41) is 17.8. The second kappa shape index (κ2) is 8.02. The van der Waals surface area contributed by atoms with Crippen molar-refractivity contribution in [3.63, 3.8) is 0 Å². The molecule has 0 unspecified atom stereocenters. The molecule has 2 amide bonds. The van der Waals surface area contributed by atoms with Crippen molar-refractivity contribution >= 4 is 22.5 Å². The van der Waals surface area contributed by atoms with Gasteiger partial charge in [0, 0.05) is 5.56 Å². The third-order valence-corrected chi connectivity index (χ3v) is 4.77. The first-order valence-electron chi connectivity index (χ1n) is 9.21. The van der Waals surface area contributed by atoms with Crippen LogP contribution >= 0.6 is 0 Å². The molecule has 0 bridgehead atoms. The lowest BCUT2D eigenvalue weighted by Gasteiger charge is -2.23. The summed E-state index contributed by atoms with van der Waals surface area (Å²) in [6, 6.07) is 25.2. The summed E-state index contributed by atoms with van der Waals surface area (Å²) in [6.07, 6.45) is 0. The first-order chi connectivity index (χ1) is 14.1. The molecule has 0 aliphatic carbocycles. The number of amides is 2. The number of fused-ring (bicyclic) bond motifs is 1. The van der Waals surface area contributed by atoms with E-state index in [0.717, 1.165) is 16.3 Å². The van der Waals surface area contributed by atoms with Gasteiger partial charge in [-0.3, -0.25) is 0 Å². The van der Waals surface area contributed by atoms with E-state index in [1.165, 1.54) is 12.1 Å². The van der Waals surface area contributed by atoms with E-state index in [1.807, 2.05) is 60.7 Å². The molecule has 0 radical (unpaired) electrons. The van der Waals surface area contributed by atoms with Crippen LogP contribution in [-0.4, -0.2) is 11.1 Å². The van der Waals surface area contributed by atoms with Crippen LogP contribution in [0.2, 0.25) is 0 Å². The summed E-state index contributed by atoms with van der Waals surface area (Å²) in [7, 11) is 0.